The van der Waals surface area contributed by atoms with Crippen LogP contribution in [0.3, 0.4) is 0 Å². The predicted octanol–water partition coefficient (Wildman–Crippen LogP) is 4.33. The summed E-state index contributed by atoms with van der Waals surface area (Å²) in [5, 5.41) is 4.50. The van der Waals surface area contributed by atoms with Gasteiger partial charge in [0.15, 0.2) is 0 Å². The third-order valence-electron chi connectivity index (χ3n) is 5.79. The number of methoxy groups -OCH3 is 1. The molecule has 1 amide bonds. The fraction of sp³-hybridized carbons (Fsp3) is 0.458. The SMILES string of the molecule is CCCc1cc(C(=O)N2CCCC[C@H]2c2ncc(Cc3cccc(OC)c3)o2)n(C)n1. The molecule has 3 heterocycles. The second-order valence-electron chi connectivity index (χ2n) is 8.10. The summed E-state index contributed by atoms with van der Waals surface area (Å²) in [6, 6.07) is 9.69. The van der Waals surface area contributed by atoms with E-state index in [1.165, 1.54) is 0 Å². The molecule has 0 N–H and O–H groups in total. The number of hydrogen-bond acceptors (Lipinski definition) is 5. The number of aromatic nitrogens is 3. The first-order valence-electron chi connectivity index (χ1n) is 11.0. The Bertz CT molecular complexity index is 1040. The second-order valence-corrected chi connectivity index (χ2v) is 8.10. The van der Waals surface area contributed by atoms with Crippen molar-refractivity contribution in [2.75, 3.05) is 13.7 Å². The molecule has 0 spiro atoms. The molecule has 0 saturated carbocycles. The molecular weight excluding hydrogens is 392 g/mol. The molecule has 1 atom stereocenters. The number of amides is 1. The van der Waals surface area contributed by atoms with Gasteiger partial charge in [-0.15, -0.1) is 0 Å². The minimum absolute atomic E-state index is 0.00500. The Morgan fingerprint density at radius 3 is 2.97 bits per heavy atom. The van der Waals surface area contributed by atoms with Crippen LogP contribution in [-0.2, 0) is 19.9 Å². The van der Waals surface area contributed by atoms with E-state index in [9.17, 15) is 4.79 Å². The third-order valence-corrected chi connectivity index (χ3v) is 5.79. The normalized spacial score (nSPS) is 16.5. The van der Waals surface area contributed by atoms with Crippen molar-refractivity contribution in [1.29, 1.82) is 0 Å². The average molecular weight is 423 g/mol. The molecule has 0 unspecified atom stereocenters. The van der Waals surface area contributed by atoms with Crippen molar-refractivity contribution in [3.05, 3.63) is 65.1 Å². The number of likely N-dealkylation sites (tertiary alicyclic amines) is 1. The van der Waals surface area contributed by atoms with Crippen molar-refractivity contribution >= 4 is 5.91 Å². The van der Waals surface area contributed by atoms with Crippen LogP contribution in [0.4, 0.5) is 0 Å². The molecule has 164 valence electrons. The zero-order chi connectivity index (χ0) is 21.8. The van der Waals surface area contributed by atoms with Crippen molar-refractivity contribution in [3.63, 3.8) is 0 Å². The maximum Gasteiger partial charge on any atom is 0.272 e. The van der Waals surface area contributed by atoms with E-state index < -0.39 is 0 Å². The maximum atomic E-state index is 13.4. The quantitative estimate of drug-likeness (QED) is 0.567. The van der Waals surface area contributed by atoms with Crippen LogP contribution in [0, 0.1) is 0 Å². The van der Waals surface area contributed by atoms with Crippen LogP contribution in [0.2, 0.25) is 0 Å². The monoisotopic (exact) mass is 422 g/mol. The Kier molecular flexibility index (Phi) is 6.39. The summed E-state index contributed by atoms with van der Waals surface area (Å²) in [6.07, 6.45) is 7.17. The van der Waals surface area contributed by atoms with E-state index in [4.69, 9.17) is 9.15 Å². The lowest BCUT2D eigenvalue weighted by atomic mass is 10.0. The summed E-state index contributed by atoms with van der Waals surface area (Å²) in [5.41, 5.74) is 2.68. The molecule has 1 fully saturated rings. The summed E-state index contributed by atoms with van der Waals surface area (Å²) < 4.78 is 13.1. The Hall–Kier alpha value is -3.09. The smallest absolute Gasteiger partial charge is 0.272 e. The number of carbonyl (C=O) groups excluding carboxylic acids is 1. The Morgan fingerprint density at radius 1 is 1.29 bits per heavy atom. The van der Waals surface area contributed by atoms with Crippen LogP contribution >= 0.6 is 0 Å². The number of nitrogens with zero attached hydrogens (tertiary/aromatic N) is 4. The lowest BCUT2D eigenvalue weighted by Crippen LogP contribution is -2.39. The van der Waals surface area contributed by atoms with E-state index in [0.717, 1.165) is 54.9 Å². The highest BCUT2D eigenvalue weighted by molar-refractivity contribution is 5.93. The Morgan fingerprint density at radius 2 is 2.16 bits per heavy atom. The number of ether oxygens (including phenoxy) is 1. The number of benzene rings is 1. The average Bonchev–Trinajstić information content (AvgIpc) is 3.40. The molecule has 0 radical (unpaired) electrons. The fourth-order valence-electron chi connectivity index (χ4n) is 4.23. The maximum absolute atomic E-state index is 13.4. The number of oxazole rings is 1. The molecular formula is C24H30N4O3. The molecule has 1 aliphatic rings. The first kappa shape index (κ1) is 21.2. The van der Waals surface area contributed by atoms with Crippen molar-refractivity contribution in [1.82, 2.24) is 19.7 Å². The summed E-state index contributed by atoms with van der Waals surface area (Å²) in [7, 11) is 3.50. The number of piperidine rings is 1. The molecule has 1 saturated heterocycles. The predicted molar refractivity (Wildman–Crippen MR) is 117 cm³/mol. The van der Waals surface area contributed by atoms with Crippen LogP contribution in [-0.4, -0.2) is 39.2 Å². The van der Waals surface area contributed by atoms with Gasteiger partial charge in [-0.2, -0.15) is 5.10 Å². The largest absolute Gasteiger partial charge is 0.497 e. The second kappa shape index (κ2) is 9.37. The summed E-state index contributed by atoms with van der Waals surface area (Å²) in [6.45, 7) is 2.81. The number of aryl methyl sites for hydroxylation is 2. The van der Waals surface area contributed by atoms with Gasteiger partial charge in [0, 0.05) is 20.0 Å². The van der Waals surface area contributed by atoms with Gasteiger partial charge in [-0.3, -0.25) is 9.48 Å². The standard InChI is InChI=1S/C24H30N4O3/c1-4-8-18-15-22(27(2)26-18)24(29)28-12-6-5-11-21(28)23-25-16-20(31-23)14-17-9-7-10-19(13-17)30-3/h7,9-10,13,15-16,21H,4-6,8,11-12,14H2,1-3H3/t21-/m0/s1. The molecule has 3 aromatic rings. The molecule has 7 heteroatoms. The van der Waals surface area contributed by atoms with E-state index >= 15 is 0 Å². The topological polar surface area (TPSA) is 73.4 Å². The first-order chi connectivity index (χ1) is 15.1. The van der Waals surface area contributed by atoms with Crippen molar-refractivity contribution in [2.45, 2.75) is 51.5 Å². The van der Waals surface area contributed by atoms with Crippen LogP contribution in [0.25, 0.3) is 0 Å². The van der Waals surface area contributed by atoms with Crippen LogP contribution in [0.5, 0.6) is 5.75 Å². The highest BCUT2D eigenvalue weighted by Crippen LogP contribution is 2.32. The first-order valence-corrected chi connectivity index (χ1v) is 11.0. The van der Waals surface area contributed by atoms with Gasteiger partial charge in [0.2, 0.25) is 5.89 Å². The van der Waals surface area contributed by atoms with Gasteiger partial charge in [0.1, 0.15) is 23.2 Å². The number of carbonyl (C=O) groups is 1. The van der Waals surface area contributed by atoms with Crippen LogP contribution in [0.1, 0.15) is 72.0 Å². The lowest BCUT2D eigenvalue weighted by molar-refractivity contribution is 0.0558. The van der Waals surface area contributed by atoms with E-state index in [0.29, 0.717) is 24.6 Å². The van der Waals surface area contributed by atoms with E-state index in [1.54, 1.807) is 18.0 Å². The van der Waals surface area contributed by atoms with Crippen LogP contribution < -0.4 is 4.74 Å². The molecule has 0 aliphatic carbocycles. The minimum Gasteiger partial charge on any atom is -0.497 e. The lowest BCUT2D eigenvalue weighted by Gasteiger charge is -2.33. The van der Waals surface area contributed by atoms with E-state index in [2.05, 4.69) is 17.0 Å². The van der Waals surface area contributed by atoms with Crippen LogP contribution in [0.15, 0.2) is 40.9 Å². The zero-order valence-corrected chi connectivity index (χ0v) is 18.5. The molecule has 1 aromatic carbocycles. The summed E-state index contributed by atoms with van der Waals surface area (Å²) in [5.74, 6) is 2.21. The molecule has 7 nitrogen and oxygen atoms in total. The van der Waals surface area contributed by atoms with Gasteiger partial charge >= 0.3 is 0 Å². The van der Waals surface area contributed by atoms with Gasteiger partial charge in [-0.1, -0.05) is 25.5 Å². The highest BCUT2D eigenvalue weighted by Gasteiger charge is 2.33. The zero-order valence-electron chi connectivity index (χ0n) is 18.5. The molecule has 31 heavy (non-hydrogen) atoms. The van der Waals surface area contributed by atoms with Crippen molar-refractivity contribution < 1.29 is 13.9 Å². The van der Waals surface area contributed by atoms with Gasteiger partial charge in [-0.05, 0) is 49.4 Å². The van der Waals surface area contributed by atoms with E-state index in [-0.39, 0.29) is 11.9 Å². The molecule has 4 rings (SSSR count). The summed E-state index contributed by atoms with van der Waals surface area (Å²) >= 11 is 0. The minimum atomic E-state index is -0.148. The van der Waals surface area contributed by atoms with Crippen molar-refractivity contribution in [3.8, 4) is 5.75 Å². The summed E-state index contributed by atoms with van der Waals surface area (Å²) in [4.78, 5) is 19.8. The Balaban J connectivity index is 1.53. The van der Waals surface area contributed by atoms with Gasteiger partial charge < -0.3 is 14.1 Å². The fourth-order valence-corrected chi connectivity index (χ4v) is 4.23. The highest BCUT2D eigenvalue weighted by atomic mass is 16.5. The number of hydrogen-bond donors (Lipinski definition) is 0. The third kappa shape index (κ3) is 4.65. The van der Waals surface area contributed by atoms with Gasteiger partial charge in [-0.25, -0.2) is 4.98 Å². The van der Waals surface area contributed by atoms with Crippen molar-refractivity contribution in [2.24, 2.45) is 7.05 Å². The molecule has 2 aromatic heterocycles. The van der Waals surface area contributed by atoms with Gasteiger partial charge in [0.25, 0.3) is 5.91 Å². The number of rotatable bonds is 7. The van der Waals surface area contributed by atoms with Gasteiger partial charge in [0.05, 0.1) is 19.0 Å². The van der Waals surface area contributed by atoms with E-state index in [1.807, 2.05) is 42.3 Å². The molecule has 0 bridgehead atoms. The molecule has 1 aliphatic heterocycles. The Labute approximate surface area is 183 Å².